The predicted molar refractivity (Wildman–Crippen MR) is 117 cm³/mol. The Morgan fingerprint density at radius 2 is 2.03 bits per heavy atom. The summed E-state index contributed by atoms with van der Waals surface area (Å²) in [6.07, 6.45) is 4.35. The fourth-order valence-corrected chi connectivity index (χ4v) is 4.09. The van der Waals surface area contributed by atoms with Crippen molar-refractivity contribution in [1.29, 1.82) is 0 Å². The van der Waals surface area contributed by atoms with E-state index in [1.165, 1.54) is 0 Å². The standard InChI is InChI=1S/C24H28N4O2/c1-17(2)10-12-26-23(30)24(3)16-27-20-9-5-4-8-19(20)13-21(27)22(29)28(24)15-18-7-6-11-25-14-18/h4-9,11,13-14,17H,10,12,15-16H2,1-3H3,(H,26,30)/t24-/m0/s1. The van der Waals surface area contributed by atoms with Crippen LogP contribution in [0.15, 0.2) is 54.9 Å². The van der Waals surface area contributed by atoms with Crippen molar-refractivity contribution >= 4 is 22.7 Å². The number of hydrogen-bond acceptors (Lipinski definition) is 3. The first kappa shape index (κ1) is 20.1. The largest absolute Gasteiger partial charge is 0.354 e. The molecule has 1 aromatic carbocycles. The summed E-state index contributed by atoms with van der Waals surface area (Å²) < 4.78 is 1.99. The lowest BCUT2D eigenvalue weighted by atomic mass is 9.93. The molecule has 2 amide bonds. The lowest BCUT2D eigenvalue weighted by Crippen LogP contribution is -2.63. The maximum Gasteiger partial charge on any atom is 0.271 e. The summed E-state index contributed by atoms with van der Waals surface area (Å²) in [5.74, 6) is 0.240. The third-order valence-corrected chi connectivity index (χ3v) is 5.90. The number of fused-ring (bicyclic) bond motifs is 3. The van der Waals surface area contributed by atoms with Gasteiger partial charge in [-0.25, -0.2) is 0 Å². The van der Waals surface area contributed by atoms with Crippen LogP contribution >= 0.6 is 0 Å². The zero-order valence-electron chi connectivity index (χ0n) is 17.8. The van der Waals surface area contributed by atoms with Crippen LogP contribution in [0.2, 0.25) is 0 Å². The number of hydrogen-bond donors (Lipinski definition) is 1. The number of pyridine rings is 1. The summed E-state index contributed by atoms with van der Waals surface area (Å²) in [5, 5.41) is 4.08. The summed E-state index contributed by atoms with van der Waals surface area (Å²) in [7, 11) is 0. The Morgan fingerprint density at radius 3 is 2.77 bits per heavy atom. The lowest BCUT2D eigenvalue weighted by Gasteiger charge is -2.44. The van der Waals surface area contributed by atoms with Gasteiger partial charge in [0.1, 0.15) is 11.2 Å². The van der Waals surface area contributed by atoms with Crippen molar-refractivity contribution in [3.05, 3.63) is 66.1 Å². The number of nitrogens with one attached hydrogen (secondary N) is 1. The van der Waals surface area contributed by atoms with Crippen molar-refractivity contribution in [2.24, 2.45) is 5.92 Å². The topological polar surface area (TPSA) is 67.2 Å². The van der Waals surface area contributed by atoms with Gasteiger partial charge in [0.05, 0.1) is 6.54 Å². The van der Waals surface area contributed by atoms with E-state index in [0.717, 1.165) is 22.9 Å². The van der Waals surface area contributed by atoms with E-state index >= 15 is 0 Å². The number of amides is 2. The molecule has 0 bridgehead atoms. The first-order valence-corrected chi connectivity index (χ1v) is 10.5. The van der Waals surface area contributed by atoms with Crippen LogP contribution < -0.4 is 5.32 Å². The number of nitrogens with zero attached hydrogens (tertiary/aromatic N) is 3. The van der Waals surface area contributed by atoms with E-state index in [4.69, 9.17) is 0 Å². The molecule has 0 saturated heterocycles. The molecule has 3 heterocycles. The van der Waals surface area contributed by atoms with Crippen LogP contribution in [0.4, 0.5) is 0 Å². The molecule has 4 rings (SSSR count). The molecular weight excluding hydrogens is 376 g/mol. The molecule has 2 aromatic heterocycles. The second kappa shape index (κ2) is 7.94. The van der Waals surface area contributed by atoms with Crippen LogP contribution in [0.1, 0.15) is 43.2 Å². The van der Waals surface area contributed by atoms with E-state index in [1.54, 1.807) is 17.3 Å². The van der Waals surface area contributed by atoms with Crippen LogP contribution in [-0.2, 0) is 17.9 Å². The Bertz CT molecular complexity index is 1070. The third-order valence-electron chi connectivity index (χ3n) is 5.90. The first-order valence-electron chi connectivity index (χ1n) is 10.5. The Morgan fingerprint density at radius 1 is 1.23 bits per heavy atom. The van der Waals surface area contributed by atoms with Gasteiger partial charge < -0.3 is 14.8 Å². The summed E-state index contributed by atoms with van der Waals surface area (Å²) in [4.78, 5) is 32.8. The van der Waals surface area contributed by atoms with Crippen molar-refractivity contribution in [1.82, 2.24) is 19.8 Å². The summed E-state index contributed by atoms with van der Waals surface area (Å²) >= 11 is 0. The molecule has 0 fully saturated rings. The molecule has 6 nitrogen and oxygen atoms in total. The Hall–Kier alpha value is -3.15. The molecule has 30 heavy (non-hydrogen) atoms. The van der Waals surface area contributed by atoms with E-state index in [2.05, 4.69) is 24.1 Å². The van der Waals surface area contributed by atoms with Crippen LogP contribution in [-0.4, -0.2) is 38.3 Å². The number of carbonyl (C=O) groups is 2. The summed E-state index contributed by atoms with van der Waals surface area (Å²) in [6, 6.07) is 13.6. The van der Waals surface area contributed by atoms with Crippen LogP contribution in [0, 0.1) is 5.92 Å². The van der Waals surface area contributed by atoms with Gasteiger partial charge in [-0.3, -0.25) is 14.6 Å². The van der Waals surface area contributed by atoms with E-state index < -0.39 is 5.54 Å². The predicted octanol–water partition coefficient (Wildman–Crippen LogP) is 3.61. The Labute approximate surface area is 176 Å². The quantitative estimate of drug-likeness (QED) is 0.682. The van der Waals surface area contributed by atoms with Gasteiger partial charge in [-0.1, -0.05) is 38.1 Å². The highest BCUT2D eigenvalue weighted by molar-refractivity contribution is 6.03. The number of para-hydroxylation sites is 1. The minimum atomic E-state index is -1.00. The van der Waals surface area contributed by atoms with Gasteiger partial charge in [0, 0.05) is 36.4 Å². The third kappa shape index (κ3) is 3.58. The number of aromatic nitrogens is 2. The molecule has 3 aromatic rings. The average Bonchev–Trinajstić information content (AvgIpc) is 3.10. The highest BCUT2D eigenvalue weighted by Gasteiger charge is 2.47. The first-order chi connectivity index (χ1) is 14.4. The highest BCUT2D eigenvalue weighted by atomic mass is 16.2. The maximum absolute atomic E-state index is 13.6. The van der Waals surface area contributed by atoms with Gasteiger partial charge in [0.15, 0.2) is 0 Å². The Kier molecular flexibility index (Phi) is 5.33. The van der Waals surface area contributed by atoms with Gasteiger partial charge >= 0.3 is 0 Å². The molecule has 0 unspecified atom stereocenters. The fourth-order valence-electron chi connectivity index (χ4n) is 4.09. The summed E-state index contributed by atoms with van der Waals surface area (Å²) in [6.45, 7) is 7.47. The molecule has 1 N–H and O–H groups in total. The molecule has 0 aliphatic carbocycles. The number of benzene rings is 1. The van der Waals surface area contributed by atoms with E-state index in [0.29, 0.717) is 31.2 Å². The zero-order valence-corrected chi connectivity index (χ0v) is 17.8. The van der Waals surface area contributed by atoms with Gasteiger partial charge in [0.2, 0.25) is 5.91 Å². The van der Waals surface area contributed by atoms with E-state index in [1.807, 2.05) is 54.0 Å². The van der Waals surface area contributed by atoms with Crippen molar-refractivity contribution in [2.45, 2.75) is 45.8 Å². The van der Waals surface area contributed by atoms with Gasteiger partial charge in [-0.05, 0) is 43.0 Å². The highest BCUT2D eigenvalue weighted by Crippen LogP contribution is 2.33. The molecule has 1 aliphatic rings. The second-order valence-electron chi connectivity index (χ2n) is 8.64. The molecule has 156 valence electrons. The maximum atomic E-state index is 13.6. The minimum Gasteiger partial charge on any atom is -0.354 e. The van der Waals surface area contributed by atoms with Crippen LogP contribution in [0.3, 0.4) is 0 Å². The minimum absolute atomic E-state index is 0.121. The molecule has 6 heteroatoms. The SMILES string of the molecule is CC(C)CCNC(=O)[C@]1(C)Cn2c(cc3ccccc32)C(=O)N1Cc1cccnc1. The number of carbonyl (C=O) groups excluding carboxylic acids is 2. The number of rotatable bonds is 6. The van der Waals surface area contributed by atoms with Crippen molar-refractivity contribution < 1.29 is 9.59 Å². The molecule has 0 saturated carbocycles. The van der Waals surface area contributed by atoms with Gasteiger partial charge in [-0.15, -0.1) is 0 Å². The van der Waals surface area contributed by atoms with Gasteiger partial charge in [0.25, 0.3) is 5.91 Å². The van der Waals surface area contributed by atoms with Crippen molar-refractivity contribution in [3.63, 3.8) is 0 Å². The van der Waals surface area contributed by atoms with Crippen molar-refractivity contribution in [2.75, 3.05) is 6.54 Å². The molecule has 0 radical (unpaired) electrons. The molecular formula is C24H28N4O2. The van der Waals surface area contributed by atoms with E-state index in [9.17, 15) is 9.59 Å². The lowest BCUT2D eigenvalue weighted by molar-refractivity contribution is -0.133. The fraction of sp³-hybridized carbons (Fsp3) is 0.375. The molecule has 1 aliphatic heterocycles. The van der Waals surface area contributed by atoms with E-state index in [-0.39, 0.29) is 11.8 Å². The average molecular weight is 405 g/mol. The normalized spacial score (nSPS) is 18.7. The van der Waals surface area contributed by atoms with Crippen LogP contribution in [0.5, 0.6) is 0 Å². The summed E-state index contributed by atoms with van der Waals surface area (Å²) in [5.41, 5.74) is 1.49. The smallest absolute Gasteiger partial charge is 0.271 e. The Balaban J connectivity index is 1.74. The van der Waals surface area contributed by atoms with Crippen LogP contribution in [0.25, 0.3) is 10.9 Å². The second-order valence-corrected chi connectivity index (χ2v) is 8.64. The van der Waals surface area contributed by atoms with Crippen molar-refractivity contribution in [3.8, 4) is 0 Å². The molecule has 1 atom stereocenters. The monoisotopic (exact) mass is 404 g/mol. The van der Waals surface area contributed by atoms with Gasteiger partial charge in [-0.2, -0.15) is 0 Å². The zero-order chi connectivity index (χ0) is 21.3. The molecule has 0 spiro atoms.